The van der Waals surface area contributed by atoms with Crippen LogP contribution in [0.25, 0.3) is 0 Å². The van der Waals surface area contributed by atoms with Crippen molar-refractivity contribution in [1.82, 2.24) is 14.9 Å². The van der Waals surface area contributed by atoms with Crippen LogP contribution >= 0.6 is 0 Å². The number of benzene rings is 1. The molecule has 0 spiro atoms. The highest BCUT2D eigenvalue weighted by atomic mass is 16.7. The Morgan fingerprint density at radius 1 is 1.30 bits per heavy atom. The molecule has 160 valence electrons. The lowest BCUT2D eigenvalue weighted by molar-refractivity contribution is 0.0975. The van der Waals surface area contributed by atoms with Crippen LogP contribution in [0.3, 0.4) is 0 Å². The fourth-order valence-corrected chi connectivity index (χ4v) is 3.76. The molecule has 30 heavy (non-hydrogen) atoms. The molecule has 1 unspecified atom stereocenters. The van der Waals surface area contributed by atoms with E-state index in [0.29, 0.717) is 42.6 Å². The summed E-state index contributed by atoms with van der Waals surface area (Å²) in [6.07, 6.45) is 0.597. The number of carbonyl (C=O) groups excluding carboxylic acids is 1. The second kappa shape index (κ2) is 8.33. The quantitative estimate of drug-likeness (QED) is 0.684. The molecule has 0 bridgehead atoms. The molecule has 2 aromatic rings. The number of amides is 1. The molecule has 2 aliphatic rings. The van der Waals surface area contributed by atoms with Crippen LogP contribution in [0.4, 0.5) is 17.5 Å². The smallest absolute Gasteiger partial charge is 0.277 e. The van der Waals surface area contributed by atoms with E-state index >= 15 is 0 Å². The van der Waals surface area contributed by atoms with Gasteiger partial charge in [0.1, 0.15) is 11.5 Å². The number of ether oxygens (including phenoxy) is 3. The van der Waals surface area contributed by atoms with Gasteiger partial charge in [-0.2, -0.15) is 4.98 Å². The van der Waals surface area contributed by atoms with Crippen LogP contribution in [0.1, 0.15) is 16.1 Å². The number of nitrogens with one attached hydrogen (secondary N) is 1. The summed E-state index contributed by atoms with van der Waals surface area (Å²) >= 11 is 0. The average Bonchev–Trinajstić information content (AvgIpc) is 3.16. The molecule has 10 heteroatoms. The normalized spacial score (nSPS) is 16.0. The zero-order chi connectivity index (χ0) is 21.3. The number of rotatable bonds is 7. The van der Waals surface area contributed by atoms with Gasteiger partial charge in [-0.15, -0.1) is 0 Å². The van der Waals surface area contributed by atoms with Crippen LogP contribution in [0.2, 0.25) is 0 Å². The van der Waals surface area contributed by atoms with Crippen LogP contribution in [-0.4, -0.2) is 74.5 Å². The van der Waals surface area contributed by atoms with Gasteiger partial charge in [0.15, 0.2) is 11.5 Å². The van der Waals surface area contributed by atoms with Gasteiger partial charge in [0, 0.05) is 37.5 Å². The highest BCUT2D eigenvalue weighted by molar-refractivity contribution is 6.07. The zero-order valence-corrected chi connectivity index (χ0v) is 17.3. The number of nitrogens with zero attached hydrogens (tertiary/aromatic N) is 4. The van der Waals surface area contributed by atoms with Gasteiger partial charge in [-0.25, -0.2) is 4.98 Å². The van der Waals surface area contributed by atoms with Crippen molar-refractivity contribution >= 4 is 23.4 Å². The van der Waals surface area contributed by atoms with Crippen molar-refractivity contribution in [2.75, 3.05) is 63.6 Å². The van der Waals surface area contributed by atoms with Gasteiger partial charge in [-0.05, 0) is 32.6 Å². The molecule has 3 N–H and O–H groups in total. The first kappa shape index (κ1) is 20.2. The first-order chi connectivity index (χ1) is 14.5. The molecule has 1 aromatic carbocycles. The second-order valence-electron chi connectivity index (χ2n) is 7.56. The zero-order valence-electron chi connectivity index (χ0n) is 17.3. The van der Waals surface area contributed by atoms with Crippen LogP contribution < -0.4 is 25.4 Å². The third kappa shape index (κ3) is 3.96. The average molecular weight is 414 g/mol. The first-order valence-electron chi connectivity index (χ1n) is 9.74. The van der Waals surface area contributed by atoms with Gasteiger partial charge in [-0.1, -0.05) is 0 Å². The van der Waals surface area contributed by atoms with E-state index in [2.05, 4.69) is 20.2 Å². The van der Waals surface area contributed by atoms with Crippen molar-refractivity contribution in [2.45, 2.75) is 12.5 Å². The Balaban J connectivity index is 1.62. The van der Waals surface area contributed by atoms with Crippen LogP contribution in [0, 0.1) is 0 Å². The Labute approximate surface area is 174 Å². The van der Waals surface area contributed by atoms with E-state index in [-0.39, 0.29) is 24.7 Å². The summed E-state index contributed by atoms with van der Waals surface area (Å²) in [5.41, 5.74) is 7.76. The molecular formula is C20H26N6O4. The maximum atomic E-state index is 13.3. The largest absolute Gasteiger partial charge is 0.454 e. The summed E-state index contributed by atoms with van der Waals surface area (Å²) in [6.45, 7) is 1.91. The summed E-state index contributed by atoms with van der Waals surface area (Å²) in [6, 6.07) is 5.44. The Hall–Kier alpha value is -3.11. The topological polar surface area (TPSA) is 115 Å². The molecule has 4 rings (SSSR count). The number of anilines is 3. The standard InChI is InChI=1S/C20H26N6O4/c1-25(2)9-12(10-28-3)22-18-14-6-7-26(19(27)17(14)23-20(21)24-18)13-4-5-15-16(8-13)30-11-29-15/h4-5,8,12H,6-7,9-11H2,1-3H3,(H3,21,22,23,24). The highest BCUT2D eigenvalue weighted by Gasteiger charge is 2.31. The van der Waals surface area contributed by atoms with E-state index in [1.54, 1.807) is 24.1 Å². The Morgan fingerprint density at radius 2 is 2.10 bits per heavy atom. The fourth-order valence-electron chi connectivity index (χ4n) is 3.76. The molecular weight excluding hydrogens is 388 g/mol. The molecule has 1 aromatic heterocycles. The SMILES string of the molecule is COCC(CN(C)C)Nc1nc(N)nc2c1CCN(c1ccc3c(c1)OCO3)C2=O. The number of carbonyl (C=O) groups is 1. The molecule has 2 aliphatic heterocycles. The molecule has 10 nitrogen and oxygen atoms in total. The second-order valence-corrected chi connectivity index (χ2v) is 7.56. The molecule has 3 heterocycles. The predicted octanol–water partition coefficient (Wildman–Crippen LogP) is 0.979. The van der Waals surface area contributed by atoms with Gasteiger partial charge in [0.25, 0.3) is 5.91 Å². The number of nitrogens with two attached hydrogens (primary N) is 1. The van der Waals surface area contributed by atoms with E-state index < -0.39 is 0 Å². The van der Waals surface area contributed by atoms with Crippen LogP contribution in [0.15, 0.2) is 18.2 Å². The van der Waals surface area contributed by atoms with Crippen molar-refractivity contribution < 1.29 is 19.0 Å². The van der Waals surface area contributed by atoms with Gasteiger partial charge < -0.3 is 35.1 Å². The predicted molar refractivity (Wildman–Crippen MR) is 112 cm³/mol. The monoisotopic (exact) mass is 414 g/mol. The van der Waals surface area contributed by atoms with Crippen molar-refractivity contribution in [3.05, 3.63) is 29.5 Å². The lowest BCUT2D eigenvalue weighted by atomic mass is 10.0. The third-order valence-electron chi connectivity index (χ3n) is 5.02. The summed E-state index contributed by atoms with van der Waals surface area (Å²) in [7, 11) is 5.63. The van der Waals surface area contributed by atoms with Crippen molar-refractivity contribution in [1.29, 1.82) is 0 Å². The lowest BCUT2D eigenvalue weighted by Crippen LogP contribution is -2.41. The minimum absolute atomic E-state index is 0.00890. The highest BCUT2D eigenvalue weighted by Crippen LogP contribution is 2.37. The van der Waals surface area contributed by atoms with Gasteiger partial charge in [0.05, 0.1) is 12.6 Å². The number of hydrogen-bond acceptors (Lipinski definition) is 9. The van der Waals surface area contributed by atoms with Crippen LogP contribution in [0.5, 0.6) is 11.5 Å². The maximum absolute atomic E-state index is 13.3. The van der Waals surface area contributed by atoms with Gasteiger partial charge in [-0.3, -0.25) is 4.79 Å². The van der Waals surface area contributed by atoms with E-state index in [0.717, 1.165) is 17.8 Å². The number of likely N-dealkylation sites (N-methyl/N-ethyl adjacent to an activating group) is 1. The van der Waals surface area contributed by atoms with Gasteiger partial charge in [0.2, 0.25) is 12.7 Å². The summed E-state index contributed by atoms with van der Waals surface area (Å²) in [5, 5.41) is 3.38. The van der Waals surface area contributed by atoms with Crippen molar-refractivity contribution in [3.63, 3.8) is 0 Å². The number of methoxy groups -OCH3 is 1. The molecule has 0 saturated heterocycles. The molecule has 0 fully saturated rings. The third-order valence-corrected chi connectivity index (χ3v) is 5.02. The van der Waals surface area contributed by atoms with Crippen molar-refractivity contribution in [3.8, 4) is 11.5 Å². The van der Waals surface area contributed by atoms with E-state index in [4.69, 9.17) is 19.9 Å². The van der Waals surface area contributed by atoms with Crippen molar-refractivity contribution in [2.24, 2.45) is 0 Å². The van der Waals surface area contributed by atoms with Gasteiger partial charge >= 0.3 is 0 Å². The summed E-state index contributed by atoms with van der Waals surface area (Å²) in [5.74, 6) is 1.72. The van der Waals surface area contributed by atoms with E-state index in [9.17, 15) is 4.79 Å². The Bertz CT molecular complexity index is 951. The molecule has 1 atom stereocenters. The maximum Gasteiger partial charge on any atom is 0.277 e. The number of nitrogen functional groups attached to an aromatic ring is 1. The Kier molecular flexibility index (Phi) is 5.60. The molecule has 0 saturated carbocycles. The summed E-state index contributed by atoms with van der Waals surface area (Å²) in [4.78, 5) is 25.6. The molecule has 0 radical (unpaired) electrons. The van der Waals surface area contributed by atoms with E-state index in [1.165, 1.54) is 0 Å². The fraction of sp³-hybridized carbons (Fsp3) is 0.450. The Morgan fingerprint density at radius 3 is 2.87 bits per heavy atom. The minimum Gasteiger partial charge on any atom is -0.454 e. The first-order valence-corrected chi connectivity index (χ1v) is 9.74. The lowest BCUT2D eigenvalue weighted by Gasteiger charge is -2.30. The molecule has 0 aliphatic carbocycles. The van der Waals surface area contributed by atoms with Crippen LogP contribution in [-0.2, 0) is 11.2 Å². The molecule has 1 amide bonds. The minimum atomic E-state index is -0.219. The number of hydrogen-bond donors (Lipinski definition) is 2. The number of aromatic nitrogens is 2. The summed E-state index contributed by atoms with van der Waals surface area (Å²) < 4.78 is 16.1. The number of fused-ring (bicyclic) bond motifs is 2. The van der Waals surface area contributed by atoms with E-state index in [1.807, 2.05) is 20.2 Å².